The van der Waals surface area contributed by atoms with E-state index in [0.717, 1.165) is 17.4 Å². The number of amides is 1. The number of hydrogen-bond donors (Lipinski definition) is 0. The first-order valence-electron chi connectivity index (χ1n) is 8.40. The number of piperazine rings is 1. The molecule has 0 spiro atoms. The van der Waals surface area contributed by atoms with Gasteiger partial charge in [-0.2, -0.15) is 13.1 Å². The molecule has 4 rings (SSSR count). The summed E-state index contributed by atoms with van der Waals surface area (Å²) in [6.07, 6.45) is 1.55. The van der Waals surface area contributed by atoms with Crippen molar-refractivity contribution in [3.05, 3.63) is 47.8 Å². The van der Waals surface area contributed by atoms with Crippen LogP contribution in [0, 0.1) is 6.92 Å². The number of fused-ring (bicyclic) bond motifs is 1. The van der Waals surface area contributed by atoms with Crippen LogP contribution in [-0.2, 0) is 10.0 Å². The zero-order valence-corrected chi connectivity index (χ0v) is 16.2. The van der Waals surface area contributed by atoms with E-state index in [2.05, 4.69) is 13.7 Å². The Morgan fingerprint density at radius 3 is 2.56 bits per heavy atom. The number of aryl methyl sites for hydroxylation is 1. The highest BCUT2D eigenvalue weighted by Gasteiger charge is 2.32. The van der Waals surface area contributed by atoms with Crippen LogP contribution in [0.5, 0.6) is 0 Å². The van der Waals surface area contributed by atoms with E-state index in [4.69, 9.17) is 0 Å². The number of nitrogens with zero attached hydrogens (tertiary/aromatic N) is 5. The Labute approximate surface area is 160 Å². The first-order chi connectivity index (χ1) is 13.0. The molecule has 1 fully saturated rings. The molecule has 27 heavy (non-hydrogen) atoms. The third kappa shape index (κ3) is 3.31. The molecule has 3 heterocycles. The zero-order valence-electron chi connectivity index (χ0n) is 14.6. The molecule has 8 nitrogen and oxygen atoms in total. The quantitative estimate of drug-likeness (QED) is 0.658. The smallest absolute Gasteiger partial charge is 0.255 e. The van der Waals surface area contributed by atoms with Crippen molar-refractivity contribution in [3.63, 3.8) is 0 Å². The summed E-state index contributed by atoms with van der Waals surface area (Å²) in [6, 6.07) is 8.49. The molecule has 0 atom stereocenters. The van der Waals surface area contributed by atoms with Gasteiger partial charge >= 0.3 is 0 Å². The summed E-state index contributed by atoms with van der Waals surface area (Å²) in [4.78, 5) is 18.5. The van der Waals surface area contributed by atoms with Gasteiger partial charge in [0.2, 0.25) is 10.0 Å². The van der Waals surface area contributed by atoms with Crippen molar-refractivity contribution >= 4 is 38.7 Å². The Morgan fingerprint density at radius 2 is 1.85 bits per heavy atom. The molecule has 1 amide bonds. The maximum atomic E-state index is 13.0. The van der Waals surface area contributed by atoms with Gasteiger partial charge in [-0.15, -0.1) is 0 Å². The van der Waals surface area contributed by atoms with Crippen molar-refractivity contribution in [2.75, 3.05) is 26.2 Å². The molecule has 0 N–H and O–H groups in total. The first kappa shape index (κ1) is 18.0. The molecule has 0 aliphatic carbocycles. The summed E-state index contributed by atoms with van der Waals surface area (Å²) in [5, 5.41) is 0. The van der Waals surface area contributed by atoms with Gasteiger partial charge < -0.3 is 4.90 Å². The Balaban J connectivity index is 1.51. The van der Waals surface area contributed by atoms with Crippen molar-refractivity contribution in [2.24, 2.45) is 0 Å². The van der Waals surface area contributed by atoms with E-state index in [1.807, 2.05) is 6.92 Å². The van der Waals surface area contributed by atoms with E-state index in [-0.39, 0.29) is 23.9 Å². The number of sulfonamides is 1. The van der Waals surface area contributed by atoms with Crippen molar-refractivity contribution < 1.29 is 13.2 Å². The molecule has 1 aliphatic heterocycles. The standard InChI is InChI=1S/C17H17N5O3S2/c1-12-5-6-13(11-18-12)17(23)21-7-9-22(10-8-21)27(24,25)15-4-2-3-14-16(15)20-26-19-14/h2-6,11H,7-10H2,1H3. The molecule has 1 aromatic carbocycles. The number of carbonyl (C=O) groups is 1. The Morgan fingerprint density at radius 1 is 1.07 bits per heavy atom. The van der Waals surface area contributed by atoms with Crippen molar-refractivity contribution in [1.29, 1.82) is 0 Å². The molecule has 140 valence electrons. The zero-order chi connectivity index (χ0) is 19.0. The van der Waals surface area contributed by atoms with Crippen molar-refractivity contribution in [2.45, 2.75) is 11.8 Å². The number of rotatable bonds is 3. The molecule has 3 aromatic rings. The summed E-state index contributed by atoms with van der Waals surface area (Å²) in [6.45, 7) is 2.99. The van der Waals surface area contributed by atoms with Crippen LogP contribution in [-0.4, -0.2) is 63.4 Å². The lowest BCUT2D eigenvalue weighted by Crippen LogP contribution is -2.50. The fourth-order valence-electron chi connectivity index (χ4n) is 3.04. The maximum Gasteiger partial charge on any atom is 0.255 e. The van der Waals surface area contributed by atoms with Gasteiger partial charge in [0.15, 0.2) is 0 Å². The Bertz CT molecular complexity index is 1090. The molecule has 0 unspecified atom stereocenters. The highest BCUT2D eigenvalue weighted by atomic mass is 32.2. The van der Waals surface area contributed by atoms with E-state index < -0.39 is 10.0 Å². The Hall–Kier alpha value is -2.43. The lowest BCUT2D eigenvalue weighted by atomic mass is 10.2. The molecule has 10 heteroatoms. The summed E-state index contributed by atoms with van der Waals surface area (Å²) in [5.74, 6) is -0.134. The van der Waals surface area contributed by atoms with Crippen molar-refractivity contribution in [1.82, 2.24) is 22.9 Å². The summed E-state index contributed by atoms with van der Waals surface area (Å²) in [5.41, 5.74) is 2.32. The SMILES string of the molecule is Cc1ccc(C(=O)N2CCN(S(=O)(=O)c3cccc4nsnc34)CC2)cn1. The lowest BCUT2D eigenvalue weighted by molar-refractivity contribution is 0.0697. The molecule has 0 saturated carbocycles. The van der Waals surface area contributed by atoms with Crippen LogP contribution in [0.4, 0.5) is 0 Å². The summed E-state index contributed by atoms with van der Waals surface area (Å²) >= 11 is 0.991. The number of aromatic nitrogens is 3. The topological polar surface area (TPSA) is 96.4 Å². The van der Waals surface area contributed by atoms with Crippen LogP contribution in [0.15, 0.2) is 41.4 Å². The number of hydrogen-bond acceptors (Lipinski definition) is 7. The van der Waals surface area contributed by atoms with Crippen LogP contribution in [0.1, 0.15) is 16.1 Å². The van der Waals surface area contributed by atoms with E-state index >= 15 is 0 Å². The monoisotopic (exact) mass is 403 g/mol. The minimum atomic E-state index is -3.69. The highest BCUT2D eigenvalue weighted by Crippen LogP contribution is 2.25. The number of pyridine rings is 1. The number of carbonyl (C=O) groups excluding carboxylic acids is 1. The molecular formula is C17H17N5O3S2. The second-order valence-corrected chi connectivity index (χ2v) is 8.71. The van der Waals surface area contributed by atoms with Crippen LogP contribution in [0.25, 0.3) is 11.0 Å². The fourth-order valence-corrected chi connectivity index (χ4v) is 5.21. The molecule has 1 aliphatic rings. The lowest BCUT2D eigenvalue weighted by Gasteiger charge is -2.34. The molecule has 0 bridgehead atoms. The molecule has 1 saturated heterocycles. The van der Waals surface area contributed by atoms with E-state index in [0.29, 0.717) is 29.7 Å². The highest BCUT2D eigenvalue weighted by molar-refractivity contribution is 7.89. The molecule has 2 aromatic heterocycles. The third-order valence-corrected chi connectivity index (χ3v) is 7.02. The van der Waals surface area contributed by atoms with Gasteiger partial charge in [-0.25, -0.2) is 8.42 Å². The van der Waals surface area contributed by atoms with Gasteiger partial charge in [-0.05, 0) is 31.2 Å². The van der Waals surface area contributed by atoms with E-state index in [1.54, 1.807) is 41.4 Å². The predicted octanol–water partition coefficient (Wildman–Crippen LogP) is 1.54. The van der Waals surface area contributed by atoms with Gasteiger partial charge in [0.1, 0.15) is 15.9 Å². The van der Waals surface area contributed by atoms with Gasteiger partial charge in [0.25, 0.3) is 5.91 Å². The second kappa shape index (κ2) is 6.95. The van der Waals surface area contributed by atoms with Crippen LogP contribution in [0.2, 0.25) is 0 Å². The third-order valence-electron chi connectivity index (χ3n) is 4.55. The van der Waals surface area contributed by atoms with E-state index in [9.17, 15) is 13.2 Å². The van der Waals surface area contributed by atoms with Gasteiger partial charge in [-0.1, -0.05) is 6.07 Å². The summed E-state index contributed by atoms with van der Waals surface area (Å²) in [7, 11) is -3.69. The molecule has 0 radical (unpaired) electrons. The van der Waals surface area contributed by atoms with Crippen LogP contribution < -0.4 is 0 Å². The fraction of sp³-hybridized carbons (Fsp3) is 0.294. The average molecular weight is 403 g/mol. The van der Waals surface area contributed by atoms with Crippen LogP contribution in [0.3, 0.4) is 0 Å². The van der Waals surface area contributed by atoms with Gasteiger partial charge in [0, 0.05) is 38.1 Å². The predicted molar refractivity (Wildman–Crippen MR) is 101 cm³/mol. The average Bonchev–Trinajstić information content (AvgIpc) is 3.17. The van der Waals surface area contributed by atoms with Crippen molar-refractivity contribution in [3.8, 4) is 0 Å². The minimum Gasteiger partial charge on any atom is -0.336 e. The second-order valence-electron chi connectivity index (χ2n) is 6.27. The van der Waals surface area contributed by atoms with E-state index in [1.165, 1.54) is 4.31 Å². The number of benzene rings is 1. The van der Waals surface area contributed by atoms with Gasteiger partial charge in [0.05, 0.1) is 17.3 Å². The normalized spacial score (nSPS) is 16.0. The first-order valence-corrected chi connectivity index (χ1v) is 10.6. The largest absolute Gasteiger partial charge is 0.336 e. The maximum absolute atomic E-state index is 13.0. The molecular weight excluding hydrogens is 386 g/mol. The Kier molecular flexibility index (Phi) is 4.62. The van der Waals surface area contributed by atoms with Crippen LogP contribution >= 0.6 is 11.7 Å². The van der Waals surface area contributed by atoms with Gasteiger partial charge in [-0.3, -0.25) is 9.78 Å². The minimum absolute atomic E-state index is 0.134. The summed E-state index contributed by atoms with van der Waals surface area (Å²) < 4.78 is 35.7.